The van der Waals surface area contributed by atoms with Crippen LogP contribution in [0.15, 0.2) is 29.1 Å². The van der Waals surface area contributed by atoms with E-state index < -0.39 is 0 Å². The lowest BCUT2D eigenvalue weighted by atomic mass is 10.1. The second-order valence-corrected chi connectivity index (χ2v) is 4.96. The van der Waals surface area contributed by atoms with Crippen LogP contribution in [0.25, 0.3) is 10.8 Å². The van der Waals surface area contributed by atoms with Gasteiger partial charge in [0, 0.05) is 11.9 Å². The zero-order chi connectivity index (χ0) is 15.4. The highest BCUT2D eigenvalue weighted by Gasteiger charge is 2.14. The number of aryl methyl sites for hydroxylation is 1. The second-order valence-electron chi connectivity index (χ2n) is 4.96. The van der Waals surface area contributed by atoms with Gasteiger partial charge in [0.1, 0.15) is 5.69 Å². The molecular weight excluding hydrogens is 264 g/mol. The van der Waals surface area contributed by atoms with E-state index in [-0.39, 0.29) is 18.0 Å². The number of hydrogen-bond donors (Lipinski definition) is 1. The van der Waals surface area contributed by atoms with Crippen molar-refractivity contribution < 1.29 is 4.79 Å². The van der Waals surface area contributed by atoms with Crippen LogP contribution in [-0.4, -0.2) is 17.0 Å². The maximum absolute atomic E-state index is 12.6. The van der Waals surface area contributed by atoms with Crippen molar-refractivity contribution in [2.45, 2.75) is 26.8 Å². The summed E-state index contributed by atoms with van der Waals surface area (Å²) in [6, 6.07) is 7.39. The van der Waals surface area contributed by atoms with E-state index >= 15 is 0 Å². The van der Waals surface area contributed by atoms with Gasteiger partial charge in [0.2, 0.25) is 0 Å². The van der Waals surface area contributed by atoms with Crippen LogP contribution in [0.4, 0.5) is 0 Å². The number of carbonyl (C=O) groups is 1. The molecule has 1 N–H and O–H groups in total. The minimum atomic E-state index is -0.319. The Kier molecular flexibility index (Phi) is 4.44. The molecule has 0 fully saturated rings. The number of fused-ring (bicyclic) bond motifs is 1. The third-order valence-corrected chi connectivity index (χ3v) is 3.30. The van der Waals surface area contributed by atoms with E-state index in [1.807, 2.05) is 32.0 Å². The Morgan fingerprint density at radius 1 is 1.38 bits per heavy atom. The summed E-state index contributed by atoms with van der Waals surface area (Å²) >= 11 is 0. The van der Waals surface area contributed by atoms with Crippen molar-refractivity contribution in [1.82, 2.24) is 9.88 Å². The van der Waals surface area contributed by atoms with Gasteiger partial charge in [-0.2, -0.15) is 0 Å². The molecule has 0 aliphatic rings. The van der Waals surface area contributed by atoms with E-state index in [1.165, 1.54) is 4.57 Å². The van der Waals surface area contributed by atoms with E-state index in [4.69, 9.17) is 6.42 Å². The van der Waals surface area contributed by atoms with E-state index in [9.17, 15) is 9.59 Å². The van der Waals surface area contributed by atoms with Crippen molar-refractivity contribution in [2.24, 2.45) is 0 Å². The molecule has 2 rings (SSSR count). The third-order valence-electron chi connectivity index (χ3n) is 3.30. The predicted molar refractivity (Wildman–Crippen MR) is 84.4 cm³/mol. The molecule has 0 radical (unpaired) electrons. The normalized spacial score (nSPS) is 10.3. The lowest BCUT2D eigenvalue weighted by Crippen LogP contribution is -2.32. The number of rotatable bonds is 4. The fraction of sp³-hybridized carbons (Fsp3) is 0.294. The monoisotopic (exact) mass is 282 g/mol. The fourth-order valence-corrected chi connectivity index (χ4v) is 2.32. The molecule has 0 aliphatic carbocycles. The van der Waals surface area contributed by atoms with Crippen LogP contribution in [0.5, 0.6) is 0 Å². The molecule has 0 bridgehead atoms. The maximum atomic E-state index is 12.6. The van der Waals surface area contributed by atoms with Crippen molar-refractivity contribution in [3.05, 3.63) is 45.9 Å². The van der Waals surface area contributed by atoms with Gasteiger partial charge >= 0.3 is 0 Å². The third kappa shape index (κ3) is 2.97. The Bertz CT molecular complexity index is 782. The van der Waals surface area contributed by atoms with Gasteiger partial charge in [-0.25, -0.2) is 0 Å². The predicted octanol–water partition coefficient (Wildman–Crippen LogP) is 2.08. The van der Waals surface area contributed by atoms with Crippen molar-refractivity contribution in [2.75, 3.05) is 6.54 Å². The van der Waals surface area contributed by atoms with Crippen LogP contribution >= 0.6 is 0 Å². The van der Waals surface area contributed by atoms with Crippen LogP contribution in [0, 0.1) is 19.3 Å². The molecule has 2 aromatic rings. The first-order chi connectivity index (χ1) is 10.1. The summed E-state index contributed by atoms with van der Waals surface area (Å²) in [5.74, 6) is 2.04. The fourth-order valence-electron chi connectivity index (χ4n) is 2.32. The molecule has 21 heavy (non-hydrogen) atoms. The number of amides is 1. The standard InChI is InChI=1S/C17H18N2O2/c1-4-8-18-16(20)15-11-13-7-6-12(3)10-14(13)17(21)19(15)9-5-2/h1,6-7,10-11H,5,8-9H2,2-3H3,(H,18,20). The van der Waals surface area contributed by atoms with Crippen molar-refractivity contribution in [3.63, 3.8) is 0 Å². The summed E-state index contributed by atoms with van der Waals surface area (Å²) in [6.07, 6.45) is 5.93. The molecule has 0 aliphatic heterocycles. The molecule has 4 nitrogen and oxygen atoms in total. The molecule has 1 heterocycles. The topological polar surface area (TPSA) is 51.1 Å². The van der Waals surface area contributed by atoms with E-state index in [2.05, 4.69) is 11.2 Å². The number of pyridine rings is 1. The summed E-state index contributed by atoms with van der Waals surface area (Å²) in [4.78, 5) is 24.8. The van der Waals surface area contributed by atoms with Gasteiger partial charge in [-0.1, -0.05) is 30.5 Å². The van der Waals surface area contributed by atoms with E-state index in [0.717, 1.165) is 17.4 Å². The van der Waals surface area contributed by atoms with Crippen LogP contribution in [0.3, 0.4) is 0 Å². The molecule has 0 atom stereocenters. The van der Waals surface area contributed by atoms with Gasteiger partial charge in [-0.3, -0.25) is 9.59 Å². The molecular formula is C17H18N2O2. The van der Waals surface area contributed by atoms with Crippen molar-refractivity contribution >= 4 is 16.7 Å². The average molecular weight is 282 g/mol. The summed E-state index contributed by atoms with van der Waals surface area (Å²) < 4.78 is 1.52. The van der Waals surface area contributed by atoms with Crippen LogP contribution in [0.1, 0.15) is 29.4 Å². The number of nitrogens with zero attached hydrogens (tertiary/aromatic N) is 1. The molecule has 1 amide bonds. The number of benzene rings is 1. The molecule has 0 unspecified atom stereocenters. The van der Waals surface area contributed by atoms with Crippen LogP contribution in [0.2, 0.25) is 0 Å². The Balaban J connectivity index is 2.66. The quantitative estimate of drug-likeness (QED) is 0.873. The van der Waals surface area contributed by atoms with Crippen LogP contribution < -0.4 is 10.9 Å². The van der Waals surface area contributed by atoms with Gasteiger partial charge in [-0.15, -0.1) is 6.42 Å². The lowest BCUT2D eigenvalue weighted by molar-refractivity contribution is 0.0948. The number of hydrogen-bond acceptors (Lipinski definition) is 2. The number of carbonyl (C=O) groups excluding carboxylic acids is 1. The average Bonchev–Trinajstić information content (AvgIpc) is 2.48. The maximum Gasteiger partial charge on any atom is 0.268 e. The van der Waals surface area contributed by atoms with Gasteiger partial charge < -0.3 is 9.88 Å². The van der Waals surface area contributed by atoms with Gasteiger partial charge in [0.15, 0.2) is 0 Å². The highest BCUT2D eigenvalue weighted by atomic mass is 16.2. The number of aromatic nitrogens is 1. The minimum Gasteiger partial charge on any atom is -0.340 e. The Labute approximate surface area is 123 Å². The Morgan fingerprint density at radius 2 is 2.14 bits per heavy atom. The molecule has 0 saturated heterocycles. The lowest BCUT2D eigenvalue weighted by Gasteiger charge is -2.13. The number of terminal acetylenes is 1. The second kappa shape index (κ2) is 6.27. The Hall–Kier alpha value is -2.54. The smallest absolute Gasteiger partial charge is 0.268 e. The highest BCUT2D eigenvalue weighted by Crippen LogP contribution is 2.15. The van der Waals surface area contributed by atoms with Gasteiger partial charge in [0.25, 0.3) is 11.5 Å². The zero-order valence-corrected chi connectivity index (χ0v) is 12.3. The molecule has 108 valence electrons. The summed E-state index contributed by atoms with van der Waals surface area (Å²) in [6.45, 7) is 4.55. The van der Waals surface area contributed by atoms with Gasteiger partial charge in [-0.05, 0) is 30.9 Å². The largest absolute Gasteiger partial charge is 0.340 e. The first-order valence-corrected chi connectivity index (χ1v) is 6.94. The zero-order valence-electron chi connectivity index (χ0n) is 12.3. The molecule has 1 aromatic heterocycles. The molecule has 4 heteroatoms. The summed E-state index contributed by atoms with van der Waals surface area (Å²) in [5.41, 5.74) is 1.24. The first-order valence-electron chi connectivity index (χ1n) is 6.94. The summed E-state index contributed by atoms with van der Waals surface area (Å²) in [5, 5.41) is 4.02. The van der Waals surface area contributed by atoms with Gasteiger partial charge in [0.05, 0.1) is 6.54 Å². The SMILES string of the molecule is C#CCNC(=O)c1cc2ccc(C)cc2c(=O)n1CCC. The molecule has 1 aromatic carbocycles. The minimum absolute atomic E-state index is 0.135. The van der Waals surface area contributed by atoms with Crippen molar-refractivity contribution in [3.8, 4) is 12.3 Å². The highest BCUT2D eigenvalue weighted by molar-refractivity contribution is 5.96. The van der Waals surface area contributed by atoms with Crippen molar-refractivity contribution in [1.29, 1.82) is 0 Å². The first kappa shape index (κ1) is 14.9. The molecule has 0 spiro atoms. The molecule has 0 saturated carbocycles. The van der Waals surface area contributed by atoms with E-state index in [0.29, 0.717) is 17.6 Å². The summed E-state index contributed by atoms with van der Waals surface area (Å²) in [7, 11) is 0. The number of nitrogens with one attached hydrogen (secondary N) is 1. The van der Waals surface area contributed by atoms with E-state index in [1.54, 1.807) is 6.07 Å². The van der Waals surface area contributed by atoms with Crippen LogP contribution in [-0.2, 0) is 6.54 Å². The Morgan fingerprint density at radius 3 is 2.81 bits per heavy atom.